The summed E-state index contributed by atoms with van der Waals surface area (Å²) in [6.07, 6.45) is -0.0366. The molecule has 2 atom stereocenters. The fraction of sp³-hybridized carbons (Fsp3) is 1.00. The quantitative estimate of drug-likeness (QED) is 0.614. The first-order valence-electron chi connectivity index (χ1n) is 4.25. The third kappa shape index (κ3) is 2.14. The van der Waals surface area contributed by atoms with Crippen molar-refractivity contribution in [3.63, 3.8) is 0 Å². The highest BCUT2D eigenvalue weighted by Gasteiger charge is 2.27. The Morgan fingerprint density at radius 3 is 2.64 bits per heavy atom. The van der Waals surface area contributed by atoms with Crippen molar-refractivity contribution in [1.29, 1.82) is 0 Å². The predicted molar refractivity (Wildman–Crippen MR) is 44.2 cm³/mol. The molecule has 3 heteroatoms. The Kier molecular flexibility index (Phi) is 2.84. The van der Waals surface area contributed by atoms with E-state index in [4.69, 9.17) is 5.73 Å². The maximum Gasteiger partial charge on any atom is 0.128 e. The number of halogens is 1. The Morgan fingerprint density at radius 1 is 1.55 bits per heavy atom. The molecule has 1 saturated heterocycles. The summed E-state index contributed by atoms with van der Waals surface area (Å²) in [5, 5.41) is 0. The third-order valence-corrected chi connectivity index (χ3v) is 2.35. The highest BCUT2D eigenvalue weighted by atomic mass is 19.1. The third-order valence-electron chi connectivity index (χ3n) is 2.35. The van der Waals surface area contributed by atoms with Crippen LogP contribution in [-0.4, -0.2) is 36.2 Å². The zero-order valence-electron chi connectivity index (χ0n) is 7.26. The Balaban J connectivity index is 2.40. The van der Waals surface area contributed by atoms with Gasteiger partial charge in [0.05, 0.1) is 0 Å². The zero-order chi connectivity index (χ0) is 8.43. The van der Waals surface area contributed by atoms with Crippen LogP contribution in [0.25, 0.3) is 0 Å². The molecule has 0 saturated carbocycles. The van der Waals surface area contributed by atoms with E-state index in [2.05, 4.69) is 18.7 Å². The van der Waals surface area contributed by atoms with Gasteiger partial charge in [-0.25, -0.2) is 4.39 Å². The van der Waals surface area contributed by atoms with E-state index in [0.717, 1.165) is 13.0 Å². The van der Waals surface area contributed by atoms with Crippen molar-refractivity contribution in [2.75, 3.05) is 13.1 Å². The van der Waals surface area contributed by atoms with Crippen LogP contribution in [-0.2, 0) is 0 Å². The van der Waals surface area contributed by atoms with Crippen molar-refractivity contribution < 1.29 is 4.39 Å². The SMILES string of the molecule is CC(C)N1CCC(N)[C@@H](F)C1. The van der Waals surface area contributed by atoms with Crippen LogP contribution in [0.1, 0.15) is 20.3 Å². The normalized spacial score (nSPS) is 34.6. The number of nitrogens with zero attached hydrogens (tertiary/aromatic N) is 1. The second-order valence-electron chi connectivity index (χ2n) is 3.56. The standard InChI is InChI=1S/C8H17FN2/c1-6(2)11-4-3-8(10)7(9)5-11/h6-8H,3-5,10H2,1-2H3/t7-,8?/m0/s1. The fourth-order valence-electron chi connectivity index (χ4n) is 1.42. The number of nitrogens with two attached hydrogens (primary N) is 1. The van der Waals surface area contributed by atoms with Crippen molar-refractivity contribution in [3.05, 3.63) is 0 Å². The first-order valence-corrected chi connectivity index (χ1v) is 4.25. The largest absolute Gasteiger partial charge is 0.325 e. The van der Waals surface area contributed by atoms with E-state index in [1.807, 2.05) is 0 Å². The van der Waals surface area contributed by atoms with Crippen LogP contribution in [0.3, 0.4) is 0 Å². The Hall–Kier alpha value is -0.150. The van der Waals surface area contributed by atoms with Crippen LogP contribution in [0, 0.1) is 0 Å². The van der Waals surface area contributed by atoms with E-state index < -0.39 is 6.17 Å². The Labute approximate surface area is 67.6 Å². The first kappa shape index (κ1) is 8.94. The van der Waals surface area contributed by atoms with Gasteiger partial charge in [0.1, 0.15) is 6.17 Å². The number of piperidine rings is 1. The van der Waals surface area contributed by atoms with E-state index >= 15 is 0 Å². The van der Waals surface area contributed by atoms with E-state index in [0.29, 0.717) is 12.6 Å². The molecule has 11 heavy (non-hydrogen) atoms. The van der Waals surface area contributed by atoms with Gasteiger partial charge in [0.25, 0.3) is 0 Å². The molecular formula is C8H17FN2. The van der Waals surface area contributed by atoms with E-state index in [1.54, 1.807) is 0 Å². The molecule has 0 amide bonds. The van der Waals surface area contributed by atoms with Crippen molar-refractivity contribution in [2.24, 2.45) is 5.73 Å². The summed E-state index contributed by atoms with van der Waals surface area (Å²) in [7, 11) is 0. The maximum absolute atomic E-state index is 13.0. The van der Waals surface area contributed by atoms with Crippen LogP contribution < -0.4 is 5.73 Å². The lowest BCUT2D eigenvalue weighted by Gasteiger charge is -2.35. The van der Waals surface area contributed by atoms with Crippen LogP contribution >= 0.6 is 0 Å². The smallest absolute Gasteiger partial charge is 0.128 e. The maximum atomic E-state index is 13.0. The van der Waals surface area contributed by atoms with Gasteiger partial charge < -0.3 is 5.73 Å². The van der Waals surface area contributed by atoms with Gasteiger partial charge in [0.15, 0.2) is 0 Å². The number of hydrogen-bond donors (Lipinski definition) is 1. The lowest BCUT2D eigenvalue weighted by atomic mass is 10.0. The molecule has 2 nitrogen and oxygen atoms in total. The topological polar surface area (TPSA) is 29.3 Å². The molecule has 0 aliphatic carbocycles. The molecule has 1 heterocycles. The van der Waals surface area contributed by atoms with E-state index in [-0.39, 0.29) is 6.04 Å². The second-order valence-corrected chi connectivity index (χ2v) is 3.56. The summed E-state index contributed by atoms with van der Waals surface area (Å²) in [4.78, 5) is 2.13. The molecule has 66 valence electrons. The predicted octanol–water partition coefficient (Wildman–Crippen LogP) is 0.766. The summed E-state index contributed by atoms with van der Waals surface area (Å²) in [5.74, 6) is 0. The highest BCUT2D eigenvalue weighted by molar-refractivity contribution is 4.83. The number of rotatable bonds is 1. The molecule has 0 aromatic carbocycles. The zero-order valence-corrected chi connectivity index (χ0v) is 7.26. The van der Waals surface area contributed by atoms with Gasteiger partial charge in [0, 0.05) is 25.2 Å². The number of alkyl halides is 1. The molecule has 1 aliphatic rings. The van der Waals surface area contributed by atoms with Crippen LogP contribution in [0.5, 0.6) is 0 Å². The molecule has 1 rings (SSSR count). The molecule has 1 unspecified atom stereocenters. The number of hydrogen-bond acceptors (Lipinski definition) is 2. The fourth-order valence-corrected chi connectivity index (χ4v) is 1.42. The van der Waals surface area contributed by atoms with Crippen molar-refractivity contribution in [2.45, 2.75) is 38.5 Å². The minimum atomic E-state index is -0.828. The number of likely N-dealkylation sites (tertiary alicyclic amines) is 1. The summed E-state index contributed by atoms with van der Waals surface area (Å²) < 4.78 is 13.0. The second kappa shape index (κ2) is 3.50. The minimum Gasteiger partial charge on any atom is -0.325 e. The summed E-state index contributed by atoms with van der Waals surface area (Å²) in [6, 6.07) is 0.214. The molecule has 1 aliphatic heterocycles. The average Bonchev–Trinajstić information content (AvgIpc) is 1.94. The van der Waals surface area contributed by atoms with Gasteiger partial charge in [-0.1, -0.05) is 0 Å². The lowest BCUT2D eigenvalue weighted by Crippen LogP contribution is -2.50. The molecule has 0 aromatic heterocycles. The van der Waals surface area contributed by atoms with E-state index in [1.165, 1.54) is 0 Å². The van der Waals surface area contributed by atoms with E-state index in [9.17, 15) is 4.39 Å². The van der Waals surface area contributed by atoms with Crippen molar-refractivity contribution in [3.8, 4) is 0 Å². The Bertz CT molecular complexity index is 127. The van der Waals surface area contributed by atoms with Gasteiger partial charge in [-0.2, -0.15) is 0 Å². The molecule has 0 bridgehead atoms. The molecule has 0 radical (unpaired) electrons. The summed E-state index contributed by atoms with van der Waals surface area (Å²) >= 11 is 0. The van der Waals surface area contributed by atoms with Crippen LogP contribution in [0.2, 0.25) is 0 Å². The molecule has 0 aromatic rings. The minimum absolute atomic E-state index is 0.231. The van der Waals surface area contributed by atoms with Crippen LogP contribution in [0.4, 0.5) is 4.39 Å². The molecule has 2 N–H and O–H groups in total. The average molecular weight is 160 g/mol. The van der Waals surface area contributed by atoms with Crippen LogP contribution in [0.15, 0.2) is 0 Å². The van der Waals surface area contributed by atoms with Gasteiger partial charge in [-0.15, -0.1) is 0 Å². The molecular weight excluding hydrogens is 143 g/mol. The van der Waals surface area contributed by atoms with Gasteiger partial charge in [0.2, 0.25) is 0 Å². The van der Waals surface area contributed by atoms with Crippen molar-refractivity contribution in [1.82, 2.24) is 4.90 Å². The van der Waals surface area contributed by atoms with Crippen molar-refractivity contribution >= 4 is 0 Å². The molecule has 0 spiro atoms. The first-order chi connectivity index (χ1) is 5.11. The molecule has 1 fully saturated rings. The highest BCUT2D eigenvalue weighted by Crippen LogP contribution is 2.14. The lowest BCUT2D eigenvalue weighted by molar-refractivity contribution is 0.0959. The van der Waals surface area contributed by atoms with Gasteiger partial charge in [-0.3, -0.25) is 4.90 Å². The monoisotopic (exact) mass is 160 g/mol. The summed E-state index contributed by atoms with van der Waals surface area (Å²) in [5.41, 5.74) is 5.54. The Morgan fingerprint density at radius 2 is 2.18 bits per heavy atom. The van der Waals surface area contributed by atoms with Gasteiger partial charge >= 0.3 is 0 Å². The van der Waals surface area contributed by atoms with Gasteiger partial charge in [-0.05, 0) is 20.3 Å². The summed E-state index contributed by atoms with van der Waals surface area (Å²) in [6.45, 7) is 5.63.